The van der Waals surface area contributed by atoms with E-state index in [9.17, 15) is 0 Å². The molecule has 0 spiro atoms. The fourth-order valence-corrected chi connectivity index (χ4v) is 2.03. The molecule has 3 nitrogen and oxygen atoms in total. The Hall–Kier alpha value is -1.42. The Balaban J connectivity index is 2.46. The molecule has 0 radical (unpaired) electrons. The van der Waals surface area contributed by atoms with E-state index in [1.807, 2.05) is 30.3 Å². The number of halogens is 1. The number of benzene rings is 1. The lowest BCUT2D eigenvalue weighted by molar-refractivity contribution is 0.817. The van der Waals surface area contributed by atoms with E-state index in [0.29, 0.717) is 5.92 Å². The smallest absolute Gasteiger partial charge is 0.161 e. The number of nitrogens with one attached hydrogen (secondary N) is 1. The van der Waals surface area contributed by atoms with Crippen LogP contribution in [-0.2, 0) is 0 Å². The fraction of sp³-hybridized carbons (Fsp3) is 0.333. The van der Waals surface area contributed by atoms with E-state index in [4.69, 9.17) is 0 Å². The van der Waals surface area contributed by atoms with Crippen molar-refractivity contribution in [1.82, 2.24) is 9.97 Å². The molecule has 1 aromatic heterocycles. The minimum Gasteiger partial charge on any atom is -0.370 e. The molecule has 1 N–H and O–H groups in total. The molecule has 0 bridgehead atoms. The molecule has 0 saturated carbocycles. The van der Waals surface area contributed by atoms with Crippen molar-refractivity contribution in [3.8, 4) is 11.4 Å². The van der Waals surface area contributed by atoms with Gasteiger partial charge in [-0.2, -0.15) is 0 Å². The van der Waals surface area contributed by atoms with Crippen LogP contribution in [-0.4, -0.2) is 16.5 Å². The predicted molar refractivity (Wildman–Crippen MR) is 83.4 cm³/mol. The molecule has 4 heteroatoms. The third-order valence-electron chi connectivity index (χ3n) is 2.80. The van der Waals surface area contributed by atoms with Crippen molar-refractivity contribution in [3.63, 3.8) is 0 Å². The van der Waals surface area contributed by atoms with Crippen molar-refractivity contribution in [1.29, 1.82) is 0 Å². The van der Waals surface area contributed by atoms with Crippen molar-refractivity contribution in [3.05, 3.63) is 40.5 Å². The normalized spacial score (nSPS) is 10.8. The maximum absolute atomic E-state index is 4.65. The van der Waals surface area contributed by atoms with Gasteiger partial charge < -0.3 is 5.32 Å². The van der Waals surface area contributed by atoms with Crippen molar-refractivity contribution in [2.75, 3.05) is 11.9 Å². The summed E-state index contributed by atoms with van der Waals surface area (Å²) in [6, 6.07) is 10.1. The average molecular weight is 320 g/mol. The molecule has 2 rings (SSSR count). The Bertz CT molecular complexity index is 550. The number of hydrogen-bond donors (Lipinski definition) is 1. The number of anilines is 1. The summed E-state index contributed by atoms with van der Waals surface area (Å²) in [4.78, 5) is 9.22. The van der Waals surface area contributed by atoms with Crippen LogP contribution in [0.1, 0.15) is 32.4 Å². The third kappa shape index (κ3) is 3.53. The SMILES string of the molecule is CCNc1cc(C(C)C)nc(-c2ccc(Br)cc2)n1. The quantitative estimate of drug-likeness (QED) is 0.904. The highest BCUT2D eigenvalue weighted by Crippen LogP contribution is 2.23. The zero-order valence-electron chi connectivity index (χ0n) is 11.4. The van der Waals surface area contributed by atoms with Crippen LogP contribution >= 0.6 is 15.9 Å². The van der Waals surface area contributed by atoms with Crippen LogP contribution in [0.15, 0.2) is 34.8 Å². The van der Waals surface area contributed by atoms with Gasteiger partial charge in [0.25, 0.3) is 0 Å². The predicted octanol–water partition coefficient (Wildman–Crippen LogP) is 4.46. The van der Waals surface area contributed by atoms with Gasteiger partial charge in [-0.3, -0.25) is 0 Å². The highest BCUT2D eigenvalue weighted by Gasteiger charge is 2.09. The van der Waals surface area contributed by atoms with E-state index in [1.54, 1.807) is 0 Å². The second kappa shape index (κ2) is 6.15. The Kier molecular flexibility index (Phi) is 4.53. The maximum Gasteiger partial charge on any atom is 0.161 e. The van der Waals surface area contributed by atoms with Crippen LogP contribution in [0, 0.1) is 0 Å². The van der Waals surface area contributed by atoms with Gasteiger partial charge >= 0.3 is 0 Å². The van der Waals surface area contributed by atoms with Crippen LogP contribution in [0.25, 0.3) is 11.4 Å². The summed E-state index contributed by atoms with van der Waals surface area (Å²) < 4.78 is 1.06. The molecule has 0 aliphatic rings. The van der Waals surface area contributed by atoms with Crippen LogP contribution in [0.2, 0.25) is 0 Å². The van der Waals surface area contributed by atoms with Crippen molar-refractivity contribution < 1.29 is 0 Å². The summed E-state index contributed by atoms with van der Waals surface area (Å²) in [5, 5.41) is 3.26. The molecule has 100 valence electrons. The van der Waals surface area contributed by atoms with E-state index in [-0.39, 0.29) is 0 Å². The number of aromatic nitrogens is 2. The standard InChI is InChI=1S/C15H18BrN3/c1-4-17-14-9-13(10(2)3)18-15(19-14)11-5-7-12(16)8-6-11/h5-10H,4H2,1-3H3,(H,17,18,19). The highest BCUT2D eigenvalue weighted by atomic mass is 79.9. The van der Waals surface area contributed by atoms with Crippen LogP contribution in [0.4, 0.5) is 5.82 Å². The monoisotopic (exact) mass is 319 g/mol. The van der Waals surface area contributed by atoms with Crippen LogP contribution < -0.4 is 5.32 Å². The molecule has 0 fully saturated rings. The van der Waals surface area contributed by atoms with Gasteiger partial charge in [0.05, 0.1) is 0 Å². The van der Waals surface area contributed by atoms with Gasteiger partial charge in [-0.25, -0.2) is 9.97 Å². The molecule has 0 aliphatic heterocycles. The van der Waals surface area contributed by atoms with Gasteiger partial charge in [0.1, 0.15) is 5.82 Å². The first-order valence-electron chi connectivity index (χ1n) is 6.49. The Morgan fingerprint density at radius 3 is 2.42 bits per heavy atom. The van der Waals surface area contributed by atoms with E-state index in [2.05, 4.69) is 52.0 Å². The first-order valence-corrected chi connectivity index (χ1v) is 7.28. The Morgan fingerprint density at radius 1 is 1.16 bits per heavy atom. The highest BCUT2D eigenvalue weighted by molar-refractivity contribution is 9.10. The van der Waals surface area contributed by atoms with Gasteiger partial charge in [0.15, 0.2) is 5.82 Å². The van der Waals surface area contributed by atoms with Gasteiger partial charge in [-0.1, -0.05) is 41.9 Å². The summed E-state index contributed by atoms with van der Waals surface area (Å²) in [6.45, 7) is 7.21. The van der Waals surface area contributed by atoms with E-state index in [0.717, 1.165) is 33.9 Å². The molecule has 1 heterocycles. The summed E-state index contributed by atoms with van der Waals surface area (Å²) in [5.74, 6) is 2.04. The molecule has 0 saturated heterocycles. The van der Waals surface area contributed by atoms with Gasteiger partial charge in [-0.05, 0) is 25.0 Å². The maximum atomic E-state index is 4.65. The topological polar surface area (TPSA) is 37.8 Å². The van der Waals surface area contributed by atoms with Gasteiger partial charge in [0.2, 0.25) is 0 Å². The second-order valence-corrected chi connectivity index (χ2v) is 5.61. The fourth-order valence-electron chi connectivity index (χ4n) is 1.76. The zero-order chi connectivity index (χ0) is 13.8. The average Bonchev–Trinajstić information content (AvgIpc) is 2.39. The zero-order valence-corrected chi connectivity index (χ0v) is 13.0. The van der Waals surface area contributed by atoms with Crippen molar-refractivity contribution in [2.24, 2.45) is 0 Å². The number of nitrogens with zero attached hydrogens (tertiary/aromatic N) is 2. The first-order chi connectivity index (χ1) is 9.10. The lowest BCUT2D eigenvalue weighted by Gasteiger charge is -2.11. The van der Waals surface area contributed by atoms with Gasteiger partial charge in [0, 0.05) is 28.3 Å². The molecular weight excluding hydrogens is 302 g/mol. The van der Waals surface area contributed by atoms with E-state index < -0.39 is 0 Å². The summed E-state index contributed by atoms with van der Waals surface area (Å²) in [6.07, 6.45) is 0. The minimum absolute atomic E-state index is 0.384. The van der Waals surface area contributed by atoms with E-state index in [1.165, 1.54) is 0 Å². The lowest BCUT2D eigenvalue weighted by atomic mass is 10.1. The molecule has 1 aromatic carbocycles. The van der Waals surface area contributed by atoms with E-state index >= 15 is 0 Å². The van der Waals surface area contributed by atoms with Crippen molar-refractivity contribution in [2.45, 2.75) is 26.7 Å². The minimum atomic E-state index is 0.384. The molecule has 0 unspecified atom stereocenters. The second-order valence-electron chi connectivity index (χ2n) is 4.69. The van der Waals surface area contributed by atoms with Gasteiger partial charge in [-0.15, -0.1) is 0 Å². The molecule has 0 atom stereocenters. The molecule has 2 aromatic rings. The number of hydrogen-bond acceptors (Lipinski definition) is 3. The van der Waals surface area contributed by atoms with Crippen LogP contribution in [0.5, 0.6) is 0 Å². The van der Waals surface area contributed by atoms with Crippen LogP contribution in [0.3, 0.4) is 0 Å². The molecule has 0 amide bonds. The first kappa shape index (κ1) is 14.0. The largest absolute Gasteiger partial charge is 0.370 e. The number of rotatable bonds is 4. The summed E-state index contributed by atoms with van der Waals surface area (Å²) in [7, 11) is 0. The Morgan fingerprint density at radius 2 is 1.84 bits per heavy atom. The molecule has 19 heavy (non-hydrogen) atoms. The molecular formula is C15H18BrN3. The van der Waals surface area contributed by atoms with Crippen molar-refractivity contribution >= 4 is 21.7 Å². The summed E-state index contributed by atoms with van der Waals surface area (Å²) >= 11 is 3.44. The Labute approximate surface area is 122 Å². The third-order valence-corrected chi connectivity index (χ3v) is 3.33. The lowest BCUT2D eigenvalue weighted by Crippen LogP contribution is -2.05. The summed E-state index contributed by atoms with van der Waals surface area (Å²) in [5.41, 5.74) is 2.09. The molecule has 0 aliphatic carbocycles.